The zero-order valence-electron chi connectivity index (χ0n) is 22.4. The average Bonchev–Trinajstić information content (AvgIpc) is 3.53. The van der Waals surface area contributed by atoms with Gasteiger partial charge in [0.2, 0.25) is 17.6 Å². The van der Waals surface area contributed by atoms with Crippen LogP contribution in [0.3, 0.4) is 0 Å². The molecule has 8 heteroatoms. The number of likely N-dealkylation sites (tertiary alicyclic amines) is 2. The second-order valence-corrected chi connectivity index (χ2v) is 11.5. The predicted octanol–water partition coefficient (Wildman–Crippen LogP) is 3.85. The number of benzene rings is 1. The van der Waals surface area contributed by atoms with Gasteiger partial charge in [-0.1, -0.05) is 50.2 Å². The van der Waals surface area contributed by atoms with E-state index in [0.29, 0.717) is 35.5 Å². The topological polar surface area (TPSA) is 95.6 Å². The lowest BCUT2D eigenvalue weighted by Crippen LogP contribution is -2.63. The maximum atomic E-state index is 12.5. The van der Waals surface area contributed by atoms with E-state index in [2.05, 4.69) is 60.0 Å². The summed E-state index contributed by atoms with van der Waals surface area (Å²) in [7, 11) is 2.07. The first-order valence-electron chi connectivity index (χ1n) is 13.1. The molecule has 8 nitrogen and oxygen atoms in total. The van der Waals surface area contributed by atoms with Gasteiger partial charge in [0.05, 0.1) is 0 Å². The van der Waals surface area contributed by atoms with Crippen LogP contribution in [0.4, 0.5) is 0 Å². The summed E-state index contributed by atoms with van der Waals surface area (Å²) in [6.07, 6.45) is 5.03. The SMILES string of the molecule is CC(=O)N1CC[C@H](Cc2nc(-c3cncc([C@@](O)(c4ccc(C(C)C)cc4)C4(C)CN(C)C4)c3)no2)C1. The Hall–Kier alpha value is -3.10. The fourth-order valence-electron chi connectivity index (χ4n) is 6.09. The van der Waals surface area contributed by atoms with Crippen molar-refractivity contribution in [3.05, 3.63) is 65.3 Å². The lowest BCUT2D eigenvalue weighted by Gasteiger charge is -2.55. The third-order valence-corrected chi connectivity index (χ3v) is 8.18. The predicted molar refractivity (Wildman–Crippen MR) is 141 cm³/mol. The van der Waals surface area contributed by atoms with E-state index >= 15 is 0 Å². The standard InChI is InChI=1S/C29H37N5O3/c1-19(2)22-6-8-24(9-7-22)29(36,28(4)17-33(5)18-28)25-13-23(14-30-15-25)27-31-26(37-32-27)12-21-10-11-34(16-21)20(3)35/h6-9,13-15,19,21,36H,10-12,16-18H2,1-5H3/t21-,29+/m1/s1. The van der Waals surface area contributed by atoms with E-state index in [1.54, 1.807) is 19.3 Å². The summed E-state index contributed by atoms with van der Waals surface area (Å²) >= 11 is 0. The Morgan fingerprint density at radius 1 is 1.22 bits per heavy atom. The molecule has 1 aromatic carbocycles. The molecular weight excluding hydrogens is 466 g/mol. The second kappa shape index (κ2) is 9.65. The van der Waals surface area contributed by atoms with Crippen LogP contribution < -0.4 is 0 Å². The molecule has 2 fully saturated rings. The Labute approximate surface area is 218 Å². The fourth-order valence-corrected chi connectivity index (χ4v) is 6.09. The summed E-state index contributed by atoms with van der Waals surface area (Å²) in [5.74, 6) is 1.85. The van der Waals surface area contributed by atoms with E-state index in [0.717, 1.165) is 43.7 Å². The van der Waals surface area contributed by atoms with Crippen LogP contribution in [0.15, 0.2) is 47.2 Å². The molecule has 2 aliphatic heterocycles. The summed E-state index contributed by atoms with van der Waals surface area (Å²) in [5.41, 5.74) is 1.91. The van der Waals surface area contributed by atoms with Crippen LogP contribution in [0.1, 0.15) is 62.6 Å². The molecule has 2 aliphatic rings. The van der Waals surface area contributed by atoms with Gasteiger partial charge in [-0.05, 0) is 42.5 Å². The van der Waals surface area contributed by atoms with Crippen molar-refractivity contribution in [1.82, 2.24) is 24.9 Å². The number of rotatable bonds is 7. The molecule has 0 unspecified atom stereocenters. The first kappa shape index (κ1) is 25.5. The molecule has 0 spiro atoms. The van der Waals surface area contributed by atoms with E-state index in [4.69, 9.17) is 4.52 Å². The summed E-state index contributed by atoms with van der Waals surface area (Å²) in [6.45, 7) is 11.1. The quantitative estimate of drug-likeness (QED) is 0.523. The molecule has 5 rings (SSSR count). The van der Waals surface area contributed by atoms with Crippen molar-refractivity contribution in [2.24, 2.45) is 11.3 Å². The van der Waals surface area contributed by atoms with Crippen molar-refractivity contribution in [1.29, 1.82) is 0 Å². The van der Waals surface area contributed by atoms with Gasteiger partial charge in [0, 0.05) is 68.5 Å². The smallest absolute Gasteiger partial charge is 0.227 e. The fraction of sp³-hybridized carbons (Fsp3) is 0.517. The van der Waals surface area contributed by atoms with Gasteiger partial charge in [-0.15, -0.1) is 0 Å². The van der Waals surface area contributed by atoms with Crippen LogP contribution in [0.2, 0.25) is 0 Å². The van der Waals surface area contributed by atoms with E-state index in [1.807, 2.05) is 23.1 Å². The van der Waals surface area contributed by atoms with Gasteiger partial charge < -0.3 is 19.4 Å². The largest absolute Gasteiger partial charge is 0.380 e. The third kappa shape index (κ3) is 4.68. The lowest BCUT2D eigenvalue weighted by molar-refractivity contribution is -0.127. The molecule has 0 saturated carbocycles. The number of carbonyl (C=O) groups excluding carboxylic acids is 1. The Morgan fingerprint density at radius 2 is 1.95 bits per heavy atom. The molecule has 1 N–H and O–H groups in total. The normalized spacial score (nSPS) is 21.2. The number of pyridine rings is 1. The molecule has 4 heterocycles. The molecule has 2 saturated heterocycles. The minimum Gasteiger partial charge on any atom is -0.380 e. The number of aliphatic hydroxyl groups is 1. The molecule has 1 amide bonds. The maximum absolute atomic E-state index is 12.5. The first-order chi connectivity index (χ1) is 17.6. The van der Waals surface area contributed by atoms with Gasteiger partial charge in [0.1, 0.15) is 5.60 Å². The summed E-state index contributed by atoms with van der Waals surface area (Å²) in [6, 6.07) is 10.2. The monoisotopic (exact) mass is 503 g/mol. The Balaban J connectivity index is 1.44. The minimum absolute atomic E-state index is 0.106. The van der Waals surface area contributed by atoms with E-state index in [9.17, 15) is 9.90 Å². The van der Waals surface area contributed by atoms with E-state index in [-0.39, 0.29) is 11.3 Å². The van der Waals surface area contributed by atoms with Crippen molar-refractivity contribution < 1.29 is 14.4 Å². The van der Waals surface area contributed by atoms with Crippen molar-refractivity contribution in [2.75, 3.05) is 33.2 Å². The number of hydrogen-bond acceptors (Lipinski definition) is 7. The van der Waals surface area contributed by atoms with E-state index in [1.165, 1.54) is 5.56 Å². The Morgan fingerprint density at radius 3 is 2.57 bits per heavy atom. The molecule has 2 aromatic heterocycles. The maximum Gasteiger partial charge on any atom is 0.227 e. The van der Waals surface area contributed by atoms with Crippen LogP contribution in [-0.2, 0) is 16.8 Å². The van der Waals surface area contributed by atoms with Gasteiger partial charge in [0.25, 0.3) is 0 Å². The van der Waals surface area contributed by atoms with Crippen LogP contribution in [-0.4, -0.2) is 69.2 Å². The highest BCUT2D eigenvalue weighted by molar-refractivity contribution is 5.73. The van der Waals surface area contributed by atoms with Crippen LogP contribution in [0.5, 0.6) is 0 Å². The molecule has 2 atom stereocenters. The molecule has 0 aliphatic carbocycles. The molecule has 3 aromatic rings. The second-order valence-electron chi connectivity index (χ2n) is 11.5. The Bertz CT molecular complexity index is 1260. The summed E-state index contributed by atoms with van der Waals surface area (Å²) < 4.78 is 5.57. The number of nitrogens with zero attached hydrogens (tertiary/aromatic N) is 5. The number of carbonyl (C=O) groups is 1. The van der Waals surface area contributed by atoms with E-state index < -0.39 is 5.60 Å². The summed E-state index contributed by atoms with van der Waals surface area (Å²) in [4.78, 5) is 24.9. The van der Waals surface area contributed by atoms with Crippen molar-refractivity contribution >= 4 is 5.91 Å². The lowest BCUT2D eigenvalue weighted by atomic mass is 9.62. The number of amides is 1. The van der Waals surface area contributed by atoms with Crippen LogP contribution >= 0.6 is 0 Å². The van der Waals surface area contributed by atoms with Gasteiger partial charge in [-0.2, -0.15) is 4.98 Å². The zero-order valence-corrected chi connectivity index (χ0v) is 22.4. The summed E-state index contributed by atoms with van der Waals surface area (Å²) in [5, 5.41) is 16.7. The highest BCUT2D eigenvalue weighted by atomic mass is 16.5. The van der Waals surface area contributed by atoms with Crippen LogP contribution in [0.25, 0.3) is 11.4 Å². The van der Waals surface area contributed by atoms with Gasteiger partial charge in [-0.3, -0.25) is 9.78 Å². The number of aromatic nitrogens is 3. The molecule has 37 heavy (non-hydrogen) atoms. The van der Waals surface area contributed by atoms with Gasteiger partial charge >= 0.3 is 0 Å². The van der Waals surface area contributed by atoms with Gasteiger partial charge in [-0.25, -0.2) is 0 Å². The minimum atomic E-state index is -1.23. The molecular formula is C29H37N5O3. The number of hydrogen-bond donors (Lipinski definition) is 1. The zero-order chi connectivity index (χ0) is 26.4. The third-order valence-electron chi connectivity index (χ3n) is 8.18. The van der Waals surface area contributed by atoms with Crippen molar-refractivity contribution in [3.63, 3.8) is 0 Å². The first-order valence-corrected chi connectivity index (χ1v) is 13.1. The molecule has 0 radical (unpaired) electrons. The van der Waals surface area contributed by atoms with Gasteiger partial charge in [0.15, 0.2) is 0 Å². The van der Waals surface area contributed by atoms with Crippen LogP contribution in [0, 0.1) is 11.3 Å². The highest BCUT2D eigenvalue weighted by Crippen LogP contribution is 2.50. The van der Waals surface area contributed by atoms with Crippen molar-refractivity contribution in [3.8, 4) is 11.4 Å². The molecule has 196 valence electrons. The average molecular weight is 504 g/mol. The Kier molecular flexibility index (Phi) is 6.66. The molecule has 0 bridgehead atoms. The highest BCUT2D eigenvalue weighted by Gasteiger charge is 2.55. The van der Waals surface area contributed by atoms with Crippen molar-refractivity contribution in [2.45, 2.75) is 52.1 Å².